The zero-order valence-electron chi connectivity index (χ0n) is 12.4. The second-order valence-electron chi connectivity index (χ2n) is 5.02. The van der Waals surface area contributed by atoms with Gasteiger partial charge < -0.3 is 10.6 Å². The van der Waals surface area contributed by atoms with Crippen LogP contribution in [-0.2, 0) is 19.3 Å². The molecule has 0 bridgehead atoms. The molecular formula is C15H17F3N4. The fraction of sp³-hybridized carbons (Fsp3) is 0.333. The lowest BCUT2D eigenvalue weighted by Gasteiger charge is -2.20. The number of hydrogen-bond donors (Lipinski definition) is 1. The highest BCUT2D eigenvalue weighted by Gasteiger charge is 2.30. The van der Waals surface area contributed by atoms with Crippen LogP contribution in [0.25, 0.3) is 0 Å². The summed E-state index contributed by atoms with van der Waals surface area (Å²) in [6, 6.07) is 7.01. The second-order valence-corrected chi connectivity index (χ2v) is 5.02. The first kappa shape index (κ1) is 16.2. The number of benzene rings is 1. The summed E-state index contributed by atoms with van der Waals surface area (Å²) in [6.45, 7) is 2.35. The van der Waals surface area contributed by atoms with Crippen LogP contribution in [0.5, 0.6) is 0 Å². The molecule has 1 aromatic heterocycles. The van der Waals surface area contributed by atoms with Crippen LogP contribution in [0.2, 0.25) is 0 Å². The van der Waals surface area contributed by atoms with Gasteiger partial charge in [-0.1, -0.05) is 12.1 Å². The number of anilines is 1. The summed E-state index contributed by atoms with van der Waals surface area (Å²) in [6.07, 6.45) is -4.34. The molecule has 1 heterocycles. The smallest absolute Gasteiger partial charge is 0.355 e. The van der Waals surface area contributed by atoms with Gasteiger partial charge in [0.05, 0.1) is 11.3 Å². The van der Waals surface area contributed by atoms with E-state index in [9.17, 15) is 13.2 Å². The first-order valence-corrected chi connectivity index (χ1v) is 6.71. The van der Waals surface area contributed by atoms with Crippen LogP contribution in [0, 0.1) is 6.92 Å². The molecule has 0 saturated carbocycles. The monoisotopic (exact) mass is 310 g/mol. The molecular weight excluding hydrogens is 293 g/mol. The molecule has 0 atom stereocenters. The zero-order valence-corrected chi connectivity index (χ0v) is 12.4. The van der Waals surface area contributed by atoms with Crippen LogP contribution in [0.4, 0.5) is 19.0 Å². The van der Waals surface area contributed by atoms with Gasteiger partial charge in [-0.15, -0.1) is 0 Å². The Morgan fingerprint density at radius 2 is 1.91 bits per heavy atom. The lowest BCUT2D eigenvalue weighted by atomic mass is 10.1. The topological polar surface area (TPSA) is 55.0 Å². The maximum absolute atomic E-state index is 12.7. The fourth-order valence-corrected chi connectivity index (χ4v) is 2.11. The van der Waals surface area contributed by atoms with Gasteiger partial charge in [0.1, 0.15) is 11.6 Å². The van der Waals surface area contributed by atoms with E-state index in [1.54, 1.807) is 31.0 Å². The average Bonchev–Trinajstić information content (AvgIpc) is 2.46. The van der Waals surface area contributed by atoms with Crippen molar-refractivity contribution in [1.82, 2.24) is 9.97 Å². The molecule has 0 aliphatic heterocycles. The Balaban J connectivity index is 2.22. The van der Waals surface area contributed by atoms with Crippen molar-refractivity contribution < 1.29 is 13.2 Å². The van der Waals surface area contributed by atoms with Crippen molar-refractivity contribution in [2.75, 3.05) is 11.9 Å². The molecule has 118 valence electrons. The number of aryl methyl sites for hydroxylation is 1. The molecule has 7 heteroatoms. The van der Waals surface area contributed by atoms with E-state index in [0.717, 1.165) is 12.1 Å². The fourth-order valence-electron chi connectivity index (χ4n) is 2.11. The lowest BCUT2D eigenvalue weighted by Crippen LogP contribution is -2.19. The Morgan fingerprint density at radius 1 is 1.18 bits per heavy atom. The second kappa shape index (κ2) is 6.31. The van der Waals surface area contributed by atoms with Crippen molar-refractivity contribution in [3.63, 3.8) is 0 Å². The predicted octanol–water partition coefficient (Wildman–Crippen LogP) is 2.90. The number of nitrogens with zero attached hydrogens (tertiary/aromatic N) is 3. The highest BCUT2D eigenvalue weighted by molar-refractivity contribution is 5.40. The molecule has 0 saturated heterocycles. The van der Waals surface area contributed by atoms with Crippen molar-refractivity contribution in [3.8, 4) is 0 Å². The summed E-state index contributed by atoms with van der Waals surface area (Å²) in [5.41, 5.74) is 6.17. The normalized spacial score (nSPS) is 11.5. The van der Waals surface area contributed by atoms with Crippen molar-refractivity contribution >= 4 is 5.82 Å². The van der Waals surface area contributed by atoms with Crippen LogP contribution >= 0.6 is 0 Å². The molecule has 0 aliphatic rings. The summed E-state index contributed by atoms with van der Waals surface area (Å²) in [5.74, 6) is 1.21. The van der Waals surface area contributed by atoms with Gasteiger partial charge in [0.25, 0.3) is 0 Å². The van der Waals surface area contributed by atoms with Crippen molar-refractivity contribution in [2.24, 2.45) is 5.73 Å². The van der Waals surface area contributed by atoms with E-state index in [2.05, 4.69) is 9.97 Å². The Kier molecular flexibility index (Phi) is 4.65. The third-order valence-electron chi connectivity index (χ3n) is 3.15. The largest absolute Gasteiger partial charge is 0.416 e. The minimum Gasteiger partial charge on any atom is -0.355 e. The summed E-state index contributed by atoms with van der Waals surface area (Å²) >= 11 is 0. The van der Waals surface area contributed by atoms with Crippen LogP contribution < -0.4 is 10.6 Å². The van der Waals surface area contributed by atoms with E-state index in [4.69, 9.17) is 5.73 Å². The molecule has 1 aromatic carbocycles. The number of alkyl halides is 3. The van der Waals surface area contributed by atoms with Gasteiger partial charge in [0.15, 0.2) is 0 Å². The number of halogens is 3. The minimum atomic E-state index is -4.34. The van der Waals surface area contributed by atoms with Gasteiger partial charge in [-0.25, -0.2) is 9.97 Å². The SMILES string of the molecule is Cc1nc(CN)cc(N(C)Cc2cccc(C(F)(F)F)c2)n1. The number of nitrogens with two attached hydrogens (primary N) is 1. The van der Waals surface area contributed by atoms with E-state index >= 15 is 0 Å². The highest BCUT2D eigenvalue weighted by Crippen LogP contribution is 2.29. The van der Waals surface area contributed by atoms with Crippen LogP contribution in [0.15, 0.2) is 30.3 Å². The maximum atomic E-state index is 12.7. The molecule has 4 nitrogen and oxygen atoms in total. The summed E-state index contributed by atoms with van der Waals surface area (Å²) in [7, 11) is 1.77. The molecule has 2 rings (SSSR count). The van der Waals surface area contributed by atoms with Gasteiger partial charge in [-0.2, -0.15) is 13.2 Å². The average molecular weight is 310 g/mol. The molecule has 0 amide bonds. The molecule has 2 aromatic rings. The molecule has 0 radical (unpaired) electrons. The van der Waals surface area contributed by atoms with Gasteiger partial charge in [0.2, 0.25) is 0 Å². The van der Waals surface area contributed by atoms with E-state index in [0.29, 0.717) is 29.4 Å². The standard InChI is InChI=1S/C15H17F3N4/c1-10-20-13(8-19)7-14(21-10)22(2)9-11-4-3-5-12(6-11)15(16,17)18/h3-7H,8-9,19H2,1-2H3. The van der Waals surface area contributed by atoms with Crippen molar-refractivity contribution in [3.05, 3.63) is 53.0 Å². The Bertz CT molecular complexity index is 655. The Hall–Kier alpha value is -2.15. The van der Waals surface area contributed by atoms with Crippen molar-refractivity contribution in [2.45, 2.75) is 26.2 Å². The highest BCUT2D eigenvalue weighted by atomic mass is 19.4. The van der Waals surface area contributed by atoms with Crippen LogP contribution in [-0.4, -0.2) is 17.0 Å². The maximum Gasteiger partial charge on any atom is 0.416 e. The van der Waals surface area contributed by atoms with E-state index in [1.165, 1.54) is 6.07 Å². The van der Waals surface area contributed by atoms with E-state index in [-0.39, 0.29) is 6.54 Å². The molecule has 0 unspecified atom stereocenters. The first-order chi connectivity index (χ1) is 10.3. The number of hydrogen-bond acceptors (Lipinski definition) is 4. The Morgan fingerprint density at radius 3 is 2.55 bits per heavy atom. The summed E-state index contributed by atoms with van der Waals surface area (Å²) in [5, 5.41) is 0. The lowest BCUT2D eigenvalue weighted by molar-refractivity contribution is -0.137. The van der Waals surface area contributed by atoms with Gasteiger partial charge in [0, 0.05) is 26.2 Å². The minimum absolute atomic E-state index is 0.285. The molecule has 0 aliphatic carbocycles. The van der Waals surface area contributed by atoms with Gasteiger partial charge in [-0.3, -0.25) is 0 Å². The van der Waals surface area contributed by atoms with E-state index < -0.39 is 11.7 Å². The van der Waals surface area contributed by atoms with Gasteiger partial charge in [-0.05, 0) is 24.6 Å². The summed E-state index contributed by atoms with van der Waals surface area (Å²) < 4.78 is 38.2. The third kappa shape index (κ3) is 3.94. The van der Waals surface area contributed by atoms with Crippen LogP contribution in [0.1, 0.15) is 22.6 Å². The first-order valence-electron chi connectivity index (χ1n) is 6.71. The van der Waals surface area contributed by atoms with Crippen LogP contribution in [0.3, 0.4) is 0 Å². The molecule has 22 heavy (non-hydrogen) atoms. The molecule has 2 N–H and O–H groups in total. The van der Waals surface area contributed by atoms with Crippen molar-refractivity contribution in [1.29, 1.82) is 0 Å². The van der Waals surface area contributed by atoms with Gasteiger partial charge >= 0.3 is 6.18 Å². The summed E-state index contributed by atoms with van der Waals surface area (Å²) in [4.78, 5) is 10.2. The number of rotatable bonds is 4. The number of aromatic nitrogens is 2. The Labute approximate surface area is 126 Å². The zero-order chi connectivity index (χ0) is 16.3. The molecule has 0 spiro atoms. The van der Waals surface area contributed by atoms with E-state index in [1.807, 2.05) is 0 Å². The third-order valence-corrected chi connectivity index (χ3v) is 3.15. The molecule has 0 fully saturated rings. The quantitative estimate of drug-likeness (QED) is 0.943. The predicted molar refractivity (Wildman–Crippen MR) is 78.2 cm³/mol.